The summed E-state index contributed by atoms with van der Waals surface area (Å²) in [6, 6.07) is 4.06. The maximum Gasteiger partial charge on any atom is 0.142 e. The lowest BCUT2D eigenvalue weighted by atomic mass is 10.2. The van der Waals surface area contributed by atoms with Crippen molar-refractivity contribution < 1.29 is 4.39 Å². The molecule has 0 spiro atoms. The zero-order valence-electron chi connectivity index (χ0n) is 7.43. The normalized spacial score (nSPS) is 11.0. The van der Waals surface area contributed by atoms with Crippen molar-refractivity contribution in [3.05, 3.63) is 28.9 Å². The molecule has 2 rings (SSSR count). The first-order valence-corrected chi connectivity index (χ1v) is 6.04. The van der Waals surface area contributed by atoms with E-state index in [2.05, 4.69) is 0 Å². The molecule has 0 N–H and O–H groups in total. The average Bonchev–Trinajstić information content (AvgIpc) is 2.46. The van der Waals surface area contributed by atoms with Gasteiger partial charge in [-0.05, 0) is 30.9 Å². The number of hydrogen-bond donors (Lipinski definition) is 0. The molecule has 1 heterocycles. The zero-order valence-corrected chi connectivity index (χ0v) is 9.06. The van der Waals surface area contributed by atoms with Crippen LogP contribution in [0.3, 0.4) is 0 Å². The van der Waals surface area contributed by atoms with Gasteiger partial charge in [0.25, 0.3) is 0 Å². The number of thioether (sulfide) groups is 1. The van der Waals surface area contributed by atoms with Gasteiger partial charge in [-0.25, -0.2) is 4.39 Å². The fraction of sp³-hybridized carbons (Fsp3) is 0.200. The molecule has 0 amide bonds. The molecule has 0 aliphatic rings. The number of thiophene rings is 1. The van der Waals surface area contributed by atoms with E-state index in [0.717, 1.165) is 15.0 Å². The molecule has 0 saturated carbocycles. The third kappa shape index (κ3) is 1.46. The molecule has 1 aromatic carbocycles. The second-order valence-corrected chi connectivity index (χ2v) is 4.68. The Kier molecular flexibility index (Phi) is 2.30. The fourth-order valence-electron chi connectivity index (χ4n) is 1.38. The van der Waals surface area contributed by atoms with Crippen molar-refractivity contribution in [3.63, 3.8) is 0 Å². The van der Waals surface area contributed by atoms with Gasteiger partial charge in [0.05, 0.1) is 0 Å². The largest absolute Gasteiger partial charge is 0.205 e. The maximum atomic E-state index is 13.3. The van der Waals surface area contributed by atoms with E-state index in [1.807, 2.05) is 25.3 Å². The lowest BCUT2D eigenvalue weighted by Gasteiger charge is -2.01. The third-order valence-electron chi connectivity index (χ3n) is 1.96. The van der Waals surface area contributed by atoms with Crippen LogP contribution < -0.4 is 0 Å². The maximum absolute atomic E-state index is 13.3. The van der Waals surface area contributed by atoms with E-state index >= 15 is 0 Å². The van der Waals surface area contributed by atoms with E-state index in [1.165, 1.54) is 16.9 Å². The van der Waals surface area contributed by atoms with Gasteiger partial charge in [-0.1, -0.05) is 0 Å². The lowest BCUT2D eigenvalue weighted by Crippen LogP contribution is -1.78. The second kappa shape index (κ2) is 3.31. The number of halogens is 1. The third-order valence-corrected chi connectivity index (χ3v) is 3.62. The van der Waals surface area contributed by atoms with Crippen LogP contribution in [0.25, 0.3) is 10.1 Å². The highest BCUT2D eigenvalue weighted by Gasteiger charge is 2.08. The van der Waals surface area contributed by atoms with E-state index in [9.17, 15) is 4.39 Å². The molecular formula is C10H9FS2. The van der Waals surface area contributed by atoms with Crippen LogP contribution in [0.2, 0.25) is 0 Å². The van der Waals surface area contributed by atoms with E-state index in [4.69, 9.17) is 0 Å². The van der Waals surface area contributed by atoms with Gasteiger partial charge in [0.1, 0.15) is 5.82 Å². The monoisotopic (exact) mass is 212 g/mol. The van der Waals surface area contributed by atoms with Gasteiger partial charge in [-0.15, -0.1) is 23.1 Å². The van der Waals surface area contributed by atoms with Gasteiger partial charge >= 0.3 is 0 Å². The fourth-order valence-corrected chi connectivity index (χ4v) is 3.09. The van der Waals surface area contributed by atoms with Crippen LogP contribution in [0.15, 0.2) is 22.4 Å². The van der Waals surface area contributed by atoms with Gasteiger partial charge in [0, 0.05) is 20.4 Å². The van der Waals surface area contributed by atoms with Gasteiger partial charge in [0.15, 0.2) is 0 Å². The van der Waals surface area contributed by atoms with Crippen LogP contribution in [0, 0.1) is 12.7 Å². The summed E-state index contributed by atoms with van der Waals surface area (Å²) in [7, 11) is 0. The van der Waals surface area contributed by atoms with Crippen LogP contribution >= 0.6 is 23.1 Å². The second-order valence-electron chi connectivity index (χ2n) is 2.92. The summed E-state index contributed by atoms with van der Waals surface area (Å²) in [6.07, 6.45) is 1.98. The number of benzene rings is 1. The summed E-state index contributed by atoms with van der Waals surface area (Å²) < 4.78 is 14.4. The highest BCUT2D eigenvalue weighted by atomic mass is 32.2. The summed E-state index contributed by atoms with van der Waals surface area (Å²) in [4.78, 5) is 1.04. The van der Waals surface area contributed by atoms with Crippen molar-refractivity contribution in [3.8, 4) is 0 Å². The highest BCUT2D eigenvalue weighted by molar-refractivity contribution is 7.98. The van der Waals surface area contributed by atoms with Crippen molar-refractivity contribution >= 4 is 33.2 Å². The lowest BCUT2D eigenvalue weighted by molar-refractivity contribution is 0.642. The van der Waals surface area contributed by atoms with Gasteiger partial charge in [0.2, 0.25) is 0 Å². The Hall–Kier alpha value is -0.540. The van der Waals surface area contributed by atoms with E-state index in [0.29, 0.717) is 0 Å². The molecular weight excluding hydrogens is 203 g/mol. The molecule has 0 radical (unpaired) electrons. The molecule has 3 heteroatoms. The Morgan fingerprint density at radius 3 is 2.85 bits per heavy atom. The summed E-state index contributed by atoms with van der Waals surface area (Å²) >= 11 is 3.07. The standard InChI is InChI=1S/C10H9FS2/c1-6-3-8(12-2)10-7(11)5-13-9(10)4-6/h3-5H,1-2H3. The van der Waals surface area contributed by atoms with Crippen LogP contribution in [-0.2, 0) is 0 Å². The molecule has 13 heavy (non-hydrogen) atoms. The predicted molar refractivity (Wildman–Crippen MR) is 58.3 cm³/mol. The topological polar surface area (TPSA) is 0 Å². The molecule has 68 valence electrons. The Bertz CT molecular complexity index is 445. The minimum atomic E-state index is -0.0932. The van der Waals surface area contributed by atoms with E-state index in [1.54, 1.807) is 17.1 Å². The molecule has 0 saturated heterocycles. The number of hydrogen-bond acceptors (Lipinski definition) is 2. The average molecular weight is 212 g/mol. The first-order valence-electron chi connectivity index (χ1n) is 3.93. The van der Waals surface area contributed by atoms with Gasteiger partial charge in [-0.3, -0.25) is 0 Å². The van der Waals surface area contributed by atoms with Crippen molar-refractivity contribution in [1.29, 1.82) is 0 Å². The molecule has 0 bridgehead atoms. The predicted octanol–water partition coefficient (Wildman–Crippen LogP) is 4.07. The smallest absolute Gasteiger partial charge is 0.142 e. The molecule has 0 fully saturated rings. The zero-order chi connectivity index (χ0) is 9.42. The molecule has 0 atom stereocenters. The summed E-state index contributed by atoms with van der Waals surface area (Å²) in [6.45, 7) is 2.04. The number of fused-ring (bicyclic) bond motifs is 1. The van der Waals surface area contributed by atoms with Crippen LogP contribution in [0.4, 0.5) is 4.39 Å². The number of rotatable bonds is 1. The summed E-state index contributed by atoms with van der Waals surface area (Å²) in [5, 5.41) is 2.35. The Balaban J connectivity index is 2.85. The number of aryl methyl sites for hydroxylation is 1. The molecule has 0 aliphatic carbocycles. The molecule has 1 aromatic heterocycles. The minimum Gasteiger partial charge on any atom is -0.205 e. The first kappa shape index (κ1) is 9.03. The highest BCUT2D eigenvalue weighted by Crippen LogP contribution is 2.33. The molecule has 0 nitrogen and oxygen atoms in total. The Morgan fingerprint density at radius 2 is 2.15 bits per heavy atom. The Labute approximate surface area is 84.8 Å². The van der Waals surface area contributed by atoms with Crippen molar-refractivity contribution in [2.24, 2.45) is 0 Å². The molecule has 0 unspecified atom stereocenters. The Morgan fingerprint density at radius 1 is 1.38 bits per heavy atom. The van der Waals surface area contributed by atoms with Crippen LogP contribution in [-0.4, -0.2) is 6.26 Å². The molecule has 2 aromatic rings. The van der Waals surface area contributed by atoms with Crippen molar-refractivity contribution in [1.82, 2.24) is 0 Å². The van der Waals surface area contributed by atoms with E-state index in [-0.39, 0.29) is 5.82 Å². The SMILES string of the molecule is CSc1cc(C)cc2scc(F)c12. The van der Waals surface area contributed by atoms with Crippen LogP contribution in [0.1, 0.15) is 5.56 Å². The summed E-state index contributed by atoms with van der Waals surface area (Å²) in [5.74, 6) is -0.0932. The van der Waals surface area contributed by atoms with Crippen molar-refractivity contribution in [2.45, 2.75) is 11.8 Å². The van der Waals surface area contributed by atoms with Crippen molar-refractivity contribution in [2.75, 3.05) is 6.26 Å². The quantitative estimate of drug-likeness (QED) is 0.642. The van der Waals surface area contributed by atoms with Gasteiger partial charge in [-0.2, -0.15) is 0 Å². The summed E-state index contributed by atoms with van der Waals surface area (Å²) in [5.41, 5.74) is 1.19. The van der Waals surface area contributed by atoms with Crippen LogP contribution in [0.5, 0.6) is 0 Å². The minimum absolute atomic E-state index is 0.0932. The first-order chi connectivity index (χ1) is 6.22. The molecule has 0 aliphatic heterocycles. The van der Waals surface area contributed by atoms with E-state index < -0.39 is 0 Å². The van der Waals surface area contributed by atoms with Gasteiger partial charge < -0.3 is 0 Å².